The molecule has 0 aliphatic carbocycles. The van der Waals surface area contributed by atoms with E-state index in [1.54, 1.807) is 0 Å². The number of nitriles is 1. The lowest BCUT2D eigenvalue weighted by molar-refractivity contribution is -0.163. The van der Waals surface area contributed by atoms with Crippen molar-refractivity contribution in [2.75, 3.05) is 21.1 Å². The fourth-order valence-electron chi connectivity index (χ4n) is 7.08. The summed E-state index contributed by atoms with van der Waals surface area (Å²) in [6.07, 6.45) is -0.885. The van der Waals surface area contributed by atoms with Gasteiger partial charge in [0, 0.05) is 40.4 Å². The minimum atomic E-state index is -1.48. The predicted molar refractivity (Wildman–Crippen MR) is 224 cm³/mol. The largest absolute Gasteiger partial charge is 0.451 e. The molecule has 59 heavy (non-hydrogen) atoms. The van der Waals surface area contributed by atoms with E-state index >= 15 is 0 Å². The quantitative estimate of drug-likeness (QED) is 0.264. The van der Waals surface area contributed by atoms with Gasteiger partial charge >= 0.3 is 5.97 Å². The number of esters is 1. The van der Waals surface area contributed by atoms with Crippen LogP contribution >= 0.6 is 0 Å². The van der Waals surface area contributed by atoms with Crippen molar-refractivity contribution < 1.29 is 38.3 Å². The second kappa shape index (κ2) is 23.6. The van der Waals surface area contributed by atoms with Crippen molar-refractivity contribution in [2.24, 2.45) is 23.7 Å². The summed E-state index contributed by atoms with van der Waals surface area (Å²) >= 11 is 0. The molecule has 0 aromatic heterocycles. The van der Waals surface area contributed by atoms with Crippen molar-refractivity contribution in [3.63, 3.8) is 0 Å². The lowest BCUT2D eigenvalue weighted by Gasteiger charge is -2.35. The van der Waals surface area contributed by atoms with Crippen LogP contribution in [0.3, 0.4) is 0 Å². The number of carbonyl (C=O) groups is 7. The molecule has 0 spiro atoms. The number of hydrogen-bond donors (Lipinski definition) is 3. The van der Waals surface area contributed by atoms with Crippen molar-refractivity contribution in [1.29, 1.82) is 5.26 Å². The maximum absolute atomic E-state index is 14.6. The average Bonchev–Trinajstić information content (AvgIpc) is 3.16. The van der Waals surface area contributed by atoms with E-state index in [1.165, 1.54) is 37.9 Å². The number of nitrogens with zero attached hydrogens (tertiary/aromatic N) is 4. The van der Waals surface area contributed by atoms with Crippen LogP contribution in [-0.4, -0.2) is 120 Å². The lowest BCUT2D eigenvalue weighted by Crippen LogP contribution is -2.60. The summed E-state index contributed by atoms with van der Waals surface area (Å²) in [5, 5.41) is 17.9. The van der Waals surface area contributed by atoms with Gasteiger partial charge < -0.3 is 35.4 Å². The van der Waals surface area contributed by atoms with Gasteiger partial charge in [-0.05, 0) is 61.8 Å². The van der Waals surface area contributed by atoms with Crippen LogP contribution in [0.25, 0.3) is 0 Å². The Morgan fingerprint density at radius 3 is 1.46 bits per heavy atom. The summed E-state index contributed by atoms with van der Waals surface area (Å²) < 4.78 is 5.67. The summed E-state index contributed by atoms with van der Waals surface area (Å²) in [5.41, 5.74) is 0.754. The Kier molecular flexibility index (Phi) is 20.0. The molecule has 15 nitrogen and oxygen atoms in total. The first-order valence-corrected chi connectivity index (χ1v) is 20.9. The summed E-state index contributed by atoms with van der Waals surface area (Å²) in [4.78, 5) is 103. The van der Waals surface area contributed by atoms with Gasteiger partial charge in [0.15, 0.2) is 6.10 Å². The van der Waals surface area contributed by atoms with Gasteiger partial charge in [-0.1, -0.05) is 85.7 Å². The van der Waals surface area contributed by atoms with E-state index in [1.807, 2.05) is 91.8 Å². The summed E-state index contributed by atoms with van der Waals surface area (Å²) in [6.45, 7) is 16.6. The fourth-order valence-corrected chi connectivity index (χ4v) is 7.08. The summed E-state index contributed by atoms with van der Waals surface area (Å²) in [7, 11) is 4.37. The Balaban J connectivity index is 2.85. The second-order valence-electron chi connectivity index (χ2n) is 17.6. The minimum absolute atomic E-state index is 0.0634. The fraction of sp³-hybridized carbons (Fsp3) is 0.682. The van der Waals surface area contributed by atoms with Gasteiger partial charge in [0.05, 0.1) is 6.07 Å². The molecule has 1 saturated heterocycles. The van der Waals surface area contributed by atoms with E-state index < -0.39 is 83.8 Å². The van der Waals surface area contributed by atoms with Crippen molar-refractivity contribution in [2.45, 2.75) is 150 Å². The molecule has 0 saturated carbocycles. The number of cyclic esters (lactones) is 1. The first-order valence-electron chi connectivity index (χ1n) is 20.9. The molecule has 3 N–H and O–H groups in total. The number of rotatable bonds is 12. The number of amides is 6. The van der Waals surface area contributed by atoms with Gasteiger partial charge in [-0.3, -0.25) is 28.8 Å². The van der Waals surface area contributed by atoms with Crippen LogP contribution in [0, 0.1) is 35.0 Å². The van der Waals surface area contributed by atoms with Crippen LogP contribution < -0.4 is 16.0 Å². The average molecular weight is 824 g/mol. The Bertz CT molecular complexity index is 1640. The molecule has 1 aromatic rings. The SMILES string of the molecule is CC(C)C[C@@H]1NC(=O)[C@H](Cc2ccccc2)N(C)C(=O)[C@H](CC(C)C)NC(=O)[C@H](CC(C)C)N(C)C(=O)[C@H](CC(C)C)NC(=O)C(CCC#N)OC(=O)[C@H](C)N(C)C1=O. The summed E-state index contributed by atoms with van der Waals surface area (Å²) in [6, 6.07) is 4.36. The first-order chi connectivity index (χ1) is 27.6. The number of ether oxygens (including phenoxy) is 1. The topological polar surface area (TPSA) is 198 Å². The molecular weight excluding hydrogens is 755 g/mol. The van der Waals surface area contributed by atoms with E-state index in [4.69, 9.17) is 4.74 Å². The Morgan fingerprint density at radius 2 is 1.02 bits per heavy atom. The van der Waals surface area contributed by atoms with Gasteiger partial charge in [-0.25, -0.2) is 4.79 Å². The van der Waals surface area contributed by atoms with Gasteiger partial charge in [0.1, 0.15) is 36.3 Å². The van der Waals surface area contributed by atoms with Gasteiger partial charge in [-0.15, -0.1) is 0 Å². The van der Waals surface area contributed by atoms with Crippen LogP contribution in [-0.2, 0) is 44.7 Å². The van der Waals surface area contributed by atoms with E-state index in [2.05, 4.69) is 16.0 Å². The molecule has 2 rings (SSSR count). The number of benzene rings is 1. The maximum atomic E-state index is 14.6. The van der Waals surface area contributed by atoms with E-state index in [9.17, 15) is 38.8 Å². The molecule has 0 radical (unpaired) electrons. The van der Waals surface area contributed by atoms with Crippen molar-refractivity contribution in [3.05, 3.63) is 35.9 Å². The summed E-state index contributed by atoms with van der Waals surface area (Å²) in [5.74, 6) is -4.92. The van der Waals surface area contributed by atoms with Crippen molar-refractivity contribution in [3.8, 4) is 6.07 Å². The Morgan fingerprint density at radius 1 is 0.610 bits per heavy atom. The number of nitrogens with one attached hydrogen (secondary N) is 3. The van der Waals surface area contributed by atoms with Crippen LogP contribution in [0.15, 0.2) is 30.3 Å². The standard InChI is InChI=1S/C44H69N7O8/c1-26(2)21-32-41(55)49(10)30(9)44(58)59-37(19-16-20-45)40(54)48-34(23-28(5)6)43(57)50(11)35(24-29(7)8)38(52)47-33(22-27(3)4)42(56)51(12)36(39(53)46-32)25-31-17-14-13-15-18-31/h13-15,17-18,26-30,32-37H,16,19,21-25H2,1-12H3,(H,46,53)(H,47,52)(H,48,54)/t30-,32-,33-,34-,35-,36-,37?/m0/s1. The van der Waals surface area contributed by atoms with Gasteiger partial charge in [0.2, 0.25) is 29.5 Å². The zero-order valence-electron chi connectivity index (χ0n) is 37.2. The van der Waals surface area contributed by atoms with Crippen LogP contribution in [0.2, 0.25) is 0 Å². The molecule has 1 aliphatic rings. The highest BCUT2D eigenvalue weighted by molar-refractivity contribution is 5.97. The van der Waals surface area contributed by atoms with Crippen LogP contribution in [0.4, 0.5) is 0 Å². The number of likely N-dealkylation sites (N-methyl/N-ethyl adjacent to an activating group) is 3. The lowest BCUT2D eigenvalue weighted by atomic mass is 9.96. The van der Waals surface area contributed by atoms with E-state index in [0.717, 1.165) is 10.5 Å². The third kappa shape index (κ3) is 15.3. The molecule has 6 amide bonds. The third-order valence-electron chi connectivity index (χ3n) is 10.5. The monoisotopic (exact) mass is 824 g/mol. The zero-order valence-corrected chi connectivity index (χ0v) is 37.2. The molecule has 1 aromatic carbocycles. The smallest absolute Gasteiger partial charge is 0.329 e. The third-order valence-corrected chi connectivity index (χ3v) is 10.5. The normalized spacial score (nSPS) is 25.2. The van der Waals surface area contributed by atoms with Gasteiger partial charge in [-0.2, -0.15) is 5.26 Å². The molecule has 0 bridgehead atoms. The van der Waals surface area contributed by atoms with Crippen molar-refractivity contribution in [1.82, 2.24) is 30.7 Å². The van der Waals surface area contributed by atoms with E-state index in [-0.39, 0.29) is 68.6 Å². The maximum Gasteiger partial charge on any atom is 0.329 e. The molecule has 7 atom stereocenters. The molecule has 1 unspecified atom stereocenters. The first kappa shape index (κ1) is 50.1. The molecule has 1 heterocycles. The highest BCUT2D eigenvalue weighted by atomic mass is 16.5. The van der Waals surface area contributed by atoms with Gasteiger partial charge in [0.25, 0.3) is 5.91 Å². The Hall–Kier alpha value is -5.00. The van der Waals surface area contributed by atoms with Crippen molar-refractivity contribution >= 4 is 41.4 Å². The second-order valence-corrected chi connectivity index (χ2v) is 17.6. The molecule has 1 fully saturated rings. The highest BCUT2D eigenvalue weighted by Crippen LogP contribution is 2.20. The Labute approximate surface area is 351 Å². The molecule has 328 valence electrons. The van der Waals surface area contributed by atoms with Crippen LogP contribution in [0.5, 0.6) is 0 Å². The predicted octanol–water partition coefficient (Wildman–Crippen LogP) is 3.60. The number of hydrogen-bond acceptors (Lipinski definition) is 9. The molecule has 15 heteroatoms. The zero-order chi connectivity index (χ0) is 44.7. The van der Waals surface area contributed by atoms with E-state index in [0.29, 0.717) is 0 Å². The molecule has 1 aliphatic heterocycles. The number of carbonyl (C=O) groups excluding carboxylic acids is 7. The molecular formula is C44H69N7O8. The minimum Gasteiger partial charge on any atom is -0.451 e. The van der Waals surface area contributed by atoms with Crippen LogP contribution in [0.1, 0.15) is 106 Å². The highest BCUT2D eigenvalue weighted by Gasteiger charge is 2.40.